The number of rotatable bonds is 6. The zero-order valence-corrected chi connectivity index (χ0v) is 10.6. The van der Waals surface area contributed by atoms with Gasteiger partial charge in [-0.15, -0.1) is 0 Å². The standard InChI is InChI=1S/C13H17NO5/c1-13(19,8-15)7-14-11(16)6-9-4-2-3-5-10(9)12(17)18/h2-5,15,19H,6-8H2,1H3,(H,14,16)(H,17,18). The molecule has 104 valence electrons. The molecule has 0 aliphatic carbocycles. The summed E-state index contributed by atoms with van der Waals surface area (Å²) >= 11 is 0. The third kappa shape index (κ3) is 4.69. The number of aliphatic hydroxyl groups excluding tert-OH is 1. The Morgan fingerprint density at radius 1 is 1.32 bits per heavy atom. The first kappa shape index (κ1) is 15.1. The second kappa shape index (κ2) is 6.31. The summed E-state index contributed by atoms with van der Waals surface area (Å²) in [5.41, 5.74) is -0.912. The molecule has 6 nitrogen and oxygen atoms in total. The van der Waals surface area contributed by atoms with Crippen molar-refractivity contribution in [3.05, 3.63) is 35.4 Å². The van der Waals surface area contributed by atoms with Gasteiger partial charge in [-0.3, -0.25) is 4.79 Å². The third-order valence-electron chi connectivity index (χ3n) is 2.61. The fraction of sp³-hybridized carbons (Fsp3) is 0.385. The molecule has 1 amide bonds. The molecule has 0 aliphatic rings. The molecule has 0 spiro atoms. The molecule has 6 heteroatoms. The molecule has 0 saturated heterocycles. The molecular weight excluding hydrogens is 250 g/mol. The van der Waals surface area contributed by atoms with Crippen LogP contribution in [0.4, 0.5) is 0 Å². The molecule has 0 fully saturated rings. The molecule has 0 radical (unpaired) electrons. The number of carbonyl (C=O) groups excluding carboxylic acids is 1. The van der Waals surface area contributed by atoms with Gasteiger partial charge in [0.15, 0.2) is 0 Å². The van der Waals surface area contributed by atoms with E-state index in [1.54, 1.807) is 18.2 Å². The van der Waals surface area contributed by atoms with Gasteiger partial charge in [0.05, 0.1) is 18.6 Å². The van der Waals surface area contributed by atoms with E-state index in [-0.39, 0.29) is 18.5 Å². The van der Waals surface area contributed by atoms with E-state index in [1.165, 1.54) is 13.0 Å². The predicted octanol–water partition coefficient (Wildman–Crippen LogP) is -0.213. The van der Waals surface area contributed by atoms with Crippen LogP contribution in [0.5, 0.6) is 0 Å². The van der Waals surface area contributed by atoms with Crippen LogP contribution in [-0.2, 0) is 11.2 Å². The zero-order chi connectivity index (χ0) is 14.5. The Kier molecular flexibility index (Phi) is 5.02. The van der Waals surface area contributed by atoms with Crippen LogP contribution in [0.2, 0.25) is 0 Å². The molecule has 0 saturated carbocycles. The average molecular weight is 267 g/mol. The molecule has 0 aromatic heterocycles. The first-order valence-corrected chi connectivity index (χ1v) is 5.77. The largest absolute Gasteiger partial charge is 0.478 e. The van der Waals surface area contributed by atoms with Crippen LogP contribution in [0, 0.1) is 0 Å². The van der Waals surface area contributed by atoms with Crippen molar-refractivity contribution in [3.63, 3.8) is 0 Å². The number of nitrogens with one attached hydrogen (secondary N) is 1. The van der Waals surface area contributed by atoms with Gasteiger partial charge in [0.1, 0.15) is 5.60 Å². The molecule has 1 rings (SSSR count). The summed E-state index contributed by atoms with van der Waals surface area (Å²) in [5, 5.41) is 29.8. The lowest BCUT2D eigenvalue weighted by Gasteiger charge is -2.20. The molecule has 0 aliphatic heterocycles. The molecular formula is C13H17NO5. The maximum Gasteiger partial charge on any atom is 0.335 e. The van der Waals surface area contributed by atoms with Gasteiger partial charge in [0.2, 0.25) is 5.91 Å². The van der Waals surface area contributed by atoms with Crippen molar-refractivity contribution in [2.24, 2.45) is 0 Å². The van der Waals surface area contributed by atoms with E-state index in [2.05, 4.69) is 5.32 Å². The minimum atomic E-state index is -1.39. The Balaban J connectivity index is 2.65. The molecule has 1 aromatic carbocycles. The summed E-state index contributed by atoms with van der Waals surface area (Å²) in [5.74, 6) is -1.51. The van der Waals surface area contributed by atoms with E-state index in [4.69, 9.17) is 10.2 Å². The number of hydrogen-bond donors (Lipinski definition) is 4. The predicted molar refractivity (Wildman–Crippen MR) is 67.8 cm³/mol. The molecule has 19 heavy (non-hydrogen) atoms. The molecule has 1 atom stereocenters. The third-order valence-corrected chi connectivity index (χ3v) is 2.61. The topological polar surface area (TPSA) is 107 Å². The van der Waals surface area contributed by atoms with Crippen LogP contribution < -0.4 is 5.32 Å². The highest BCUT2D eigenvalue weighted by molar-refractivity contribution is 5.91. The number of carbonyl (C=O) groups is 2. The number of hydrogen-bond acceptors (Lipinski definition) is 4. The number of benzene rings is 1. The lowest BCUT2D eigenvalue weighted by molar-refractivity contribution is -0.121. The molecule has 0 heterocycles. The minimum absolute atomic E-state index is 0.0755. The Labute approximate surface area is 110 Å². The highest BCUT2D eigenvalue weighted by atomic mass is 16.4. The van der Waals surface area contributed by atoms with Crippen molar-refractivity contribution in [1.82, 2.24) is 5.32 Å². The van der Waals surface area contributed by atoms with E-state index >= 15 is 0 Å². The average Bonchev–Trinajstić information content (AvgIpc) is 2.37. The fourth-order valence-electron chi connectivity index (χ4n) is 1.46. The van der Waals surface area contributed by atoms with Gasteiger partial charge in [-0.1, -0.05) is 18.2 Å². The zero-order valence-electron chi connectivity index (χ0n) is 10.6. The SMILES string of the molecule is CC(O)(CO)CNC(=O)Cc1ccccc1C(=O)O. The molecule has 1 unspecified atom stereocenters. The van der Waals surface area contributed by atoms with Gasteiger partial charge in [-0.25, -0.2) is 4.79 Å². The van der Waals surface area contributed by atoms with Crippen LogP contribution in [0.25, 0.3) is 0 Å². The van der Waals surface area contributed by atoms with Gasteiger partial charge >= 0.3 is 5.97 Å². The van der Waals surface area contributed by atoms with E-state index in [1.807, 2.05) is 0 Å². The van der Waals surface area contributed by atoms with E-state index in [9.17, 15) is 14.7 Å². The van der Waals surface area contributed by atoms with Crippen molar-refractivity contribution in [1.29, 1.82) is 0 Å². The molecule has 0 bridgehead atoms. The second-order valence-electron chi connectivity index (χ2n) is 4.57. The number of carboxylic acids is 1. The van der Waals surface area contributed by atoms with Crippen LogP contribution in [0.1, 0.15) is 22.8 Å². The van der Waals surface area contributed by atoms with E-state index in [0.717, 1.165) is 0 Å². The van der Waals surface area contributed by atoms with Gasteiger partial charge in [-0.05, 0) is 18.6 Å². The Morgan fingerprint density at radius 3 is 2.53 bits per heavy atom. The summed E-state index contributed by atoms with van der Waals surface area (Å²) < 4.78 is 0. The monoisotopic (exact) mass is 267 g/mol. The lowest BCUT2D eigenvalue weighted by Crippen LogP contribution is -2.43. The summed E-state index contributed by atoms with van der Waals surface area (Å²) in [4.78, 5) is 22.6. The van der Waals surface area contributed by atoms with Crippen LogP contribution in [0.3, 0.4) is 0 Å². The summed E-state index contributed by atoms with van der Waals surface area (Å²) in [6.45, 7) is 0.815. The van der Waals surface area contributed by atoms with E-state index in [0.29, 0.717) is 5.56 Å². The van der Waals surface area contributed by atoms with Gasteiger partial charge in [0, 0.05) is 6.54 Å². The highest BCUT2D eigenvalue weighted by Crippen LogP contribution is 2.09. The number of aliphatic hydroxyl groups is 2. The van der Waals surface area contributed by atoms with Crippen molar-refractivity contribution in [3.8, 4) is 0 Å². The normalized spacial score (nSPS) is 13.6. The van der Waals surface area contributed by atoms with Crippen molar-refractivity contribution < 1.29 is 24.9 Å². The second-order valence-corrected chi connectivity index (χ2v) is 4.57. The first-order chi connectivity index (χ1) is 8.85. The number of carboxylic acid groups (broad SMARTS) is 1. The van der Waals surface area contributed by atoms with Crippen LogP contribution in [-0.4, -0.2) is 45.9 Å². The van der Waals surface area contributed by atoms with Gasteiger partial charge < -0.3 is 20.6 Å². The van der Waals surface area contributed by atoms with Crippen molar-refractivity contribution in [2.75, 3.05) is 13.2 Å². The fourth-order valence-corrected chi connectivity index (χ4v) is 1.46. The lowest BCUT2D eigenvalue weighted by atomic mass is 10.0. The van der Waals surface area contributed by atoms with Crippen LogP contribution in [0.15, 0.2) is 24.3 Å². The van der Waals surface area contributed by atoms with Crippen molar-refractivity contribution >= 4 is 11.9 Å². The Hall–Kier alpha value is -1.92. The Morgan fingerprint density at radius 2 is 1.95 bits per heavy atom. The summed E-state index contributed by atoms with van der Waals surface area (Å²) in [7, 11) is 0. The number of aromatic carboxylic acids is 1. The maximum absolute atomic E-state index is 11.7. The Bertz CT molecular complexity index is 470. The first-order valence-electron chi connectivity index (χ1n) is 5.77. The van der Waals surface area contributed by atoms with Crippen LogP contribution >= 0.6 is 0 Å². The quantitative estimate of drug-likeness (QED) is 0.570. The highest BCUT2D eigenvalue weighted by Gasteiger charge is 2.20. The summed E-state index contributed by atoms with van der Waals surface area (Å²) in [6.07, 6.45) is -0.0933. The number of amides is 1. The van der Waals surface area contributed by atoms with E-state index < -0.39 is 24.1 Å². The van der Waals surface area contributed by atoms with Gasteiger partial charge in [0.25, 0.3) is 0 Å². The van der Waals surface area contributed by atoms with Crippen molar-refractivity contribution in [2.45, 2.75) is 18.9 Å². The maximum atomic E-state index is 11.7. The smallest absolute Gasteiger partial charge is 0.335 e. The summed E-state index contributed by atoms with van der Waals surface area (Å²) in [6, 6.07) is 6.22. The molecule has 1 aromatic rings. The minimum Gasteiger partial charge on any atom is -0.478 e. The molecule has 4 N–H and O–H groups in total. The van der Waals surface area contributed by atoms with Gasteiger partial charge in [-0.2, -0.15) is 0 Å².